The molecule has 4 nitrogen and oxygen atoms in total. The van der Waals surface area contributed by atoms with Gasteiger partial charge < -0.3 is 10.5 Å². The fraction of sp³-hybridized carbons (Fsp3) is 0.455. The van der Waals surface area contributed by atoms with Crippen LogP contribution in [0.2, 0.25) is 0 Å². The third-order valence-electron chi connectivity index (χ3n) is 2.30. The van der Waals surface area contributed by atoms with Gasteiger partial charge in [0.05, 0.1) is 18.7 Å². The molecule has 0 unspecified atom stereocenters. The van der Waals surface area contributed by atoms with Crippen molar-refractivity contribution >= 4 is 28.6 Å². The van der Waals surface area contributed by atoms with Gasteiger partial charge in [-0.3, -0.25) is 9.78 Å². The number of rotatable bonds is 5. The van der Waals surface area contributed by atoms with Crippen LogP contribution in [0.1, 0.15) is 30.2 Å². The number of pyridine rings is 1. The van der Waals surface area contributed by atoms with Crippen molar-refractivity contribution in [3.8, 4) is 0 Å². The van der Waals surface area contributed by atoms with Crippen LogP contribution in [-0.4, -0.2) is 17.6 Å². The molecule has 18 heavy (non-hydrogen) atoms. The molecule has 7 heteroatoms. The first-order chi connectivity index (χ1) is 8.51. The molecule has 1 aromatic heterocycles. The summed E-state index contributed by atoms with van der Waals surface area (Å²) in [5.41, 5.74) is 5.50. The molecule has 0 aliphatic rings. The minimum absolute atomic E-state index is 0.0909. The van der Waals surface area contributed by atoms with E-state index in [4.69, 9.17) is 10.5 Å². The van der Waals surface area contributed by atoms with Gasteiger partial charge in [0.1, 0.15) is 0 Å². The number of carbonyl (C=O) groups is 1. The lowest BCUT2D eigenvalue weighted by molar-refractivity contribution is -0.142. The number of nitrogens with zero attached hydrogens (tertiary/aromatic N) is 1. The lowest BCUT2D eigenvalue weighted by Crippen LogP contribution is -2.15. The molecule has 1 rings (SSSR count). The summed E-state index contributed by atoms with van der Waals surface area (Å²) in [6.45, 7) is 1.79. The zero-order valence-electron chi connectivity index (χ0n) is 9.75. The molecule has 0 aromatic carbocycles. The monoisotopic (exact) mass is 370 g/mol. The molecule has 0 bridgehead atoms. The quantitative estimate of drug-likeness (QED) is 0.638. The van der Waals surface area contributed by atoms with Crippen LogP contribution in [-0.2, 0) is 22.5 Å². The summed E-state index contributed by atoms with van der Waals surface area (Å²) < 4.78 is 31.4. The normalized spacial score (nSPS) is 10.8. The van der Waals surface area contributed by atoms with Gasteiger partial charge in [0, 0.05) is 21.9 Å². The number of aromatic nitrogens is 1. The van der Waals surface area contributed by atoms with Crippen LogP contribution in [0.4, 0.5) is 8.78 Å². The van der Waals surface area contributed by atoms with E-state index in [2.05, 4.69) is 4.98 Å². The lowest BCUT2D eigenvalue weighted by atomic mass is 10.0. The van der Waals surface area contributed by atoms with E-state index in [1.807, 2.05) is 22.6 Å². The van der Waals surface area contributed by atoms with E-state index in [9.17, 15) is 13.6 Å². The Kier molecular flexibility index (Phi) is 5.86. The van der Waals surface area contributed by atoms with Crippen molar-refractivity contribution in [2.45, 2.75) is 26.3 Å². The number of halogens is 3. The molecule has 0 saturated carbocycles. The van der Waals surface area contributed by atoms with Crippen LogP contribution in [0.5, 0.6) is 0 Å². The van der Waals surface area contributed by atoms with Crippen molar-refractivity contribution < 1.29 is 18.3 Å². The summed E-state index contributed by atoms with van der Waals surface area (Å²) in [5.74, 6) is -0.536. The number of ether oxygens (including phenoxy) is 1. The average Bonchev–Trinajstić information content (AvgIpc) is 2.31. The van der Waals surface area contributed by atoms with Crippen molar-refractivity contribution in [3.63, 3.8) is 0 Å². The first-order valence-corrected chi connectivity index (χ1v) is 6.39. The average molecular weight is 370 g/mol. The van der Waals surface area contributed by atoms with Crippen molar-refractivity contribution in [1.82, 2.24) is 4.98 Å². The summed E-state index contributed by atoms with van der Waals surface area (Å²) in [5, 5.41) is 0. The SMILES string of the molecule is CCOC(=O)Cc1c(I)cnc(CN)c1C(F)F. The summed E-state index contributed by atoms with van der Waals surface area (Å²) in [4.78, 5) is 15.3. The van der Waals surface area contributed by atoms with Gasteiger partial charge in [-0.25, -0.2) is 8.78 Å². The van der Waals surface area contributed by atoms with E-state index >= 15 is 0 Å². The van der Waals surface area contributed by atoms with Gasteiger partial charge in [-0.05, 0) is 35.1 Å². The van der Waals surface area contributed by atoms with E-state index in [1.165, 1.54) is 6.20 Å². The first-order valence-electron chi connectivity index (χ1n) is 5.31. The molecule has 0 aliphatic carbocycles. The number of carbonyl (C=O) groups excluding carboxylic acids is 1. The largest absolute Gasteiger partial charge is 0.466 e. The van der Waals surface area contributed by atoms with Gasteiger partial charge >= 0.3 is 5.97 Å². The maximum absolute atomic E-state index is 13.0. The predicted molar refractivity (Wildman–Crippen MR) is 70.1 cm³/mol. The number of hydrogen-bond donors (Lipinski definition) is 1. The molecule has 0 saturated heterocycles. The van der Waals surface area contributed by atoms with Gasteiger partial charge in [-0.2, -0.15) is 0 Å². The van der Waals surface area contributed by atoms with E-state index < -0.39 is 12.4 Å². The van der Waals surface area contributed by atoms with Crippen molar-refractivity contribution in [2.75, 3.05) is 6.61 Å². The fourth-order valence-corrected chi connectivity index (χ4v) is 2.16. The molecular weight excluding hydrogens is 357 g/mol. The first kappa shape index (κ1) is 15.2. The van der Waals surface area contributed by atoms with Crippen LogP contribution in [0.3, 0.4) is 0 Å². The molecule has 0 spiro atoms. The molecule has 2 N–H and O–H groups in total. The summed E-state index contributed by atoms with van der Waals surface area (Å²) in [6, 6.07) is 0. The van der Waals surface area contributed by atoms with Crippen molar-refractivity contribution in [1.29, 1.82) is 0 Å². The zero-order valence-corrected chi connectivity index (χ0v) is 11.9. The Bertz CT molecular complexity index is 441. The number of nitrogens with two attached hydrogens (primary N) is 1. The van der Waals surface area contributed by atoms with Crippen LogP contribution >= 0.6 is 22.6 Å². The van der Waals surface area contributed by atoms with Crippen LogP contribution in [0.15, 0.2) is 6.20 Å². The minimum Gasteiger partial charge on any atom is -0.466 e. The molecule has 100 valence electrons. The Balaban J connectivity index is 3.18. The van der Waals surface area contributed by atoms with E-state index in [0.717, 1.165) is 0 Å². The van der Waals surface area contributed by atoms with E-state index in [-0.39, 0.29) is 36.4 Å². The minimum atomic E-state index is -2.71. The maximum Gasteiger partial charge on any atom is 0.310 e. The number of alkyl halides is 2. The smallest absolute Gasteiger partial charge is 0.310 e. The Labute approximate surface area is 117 Å². The van der Waals surface area contributed by atoms with Crippen LogP contribution in [0.25, 0.3) is 0 Å². The van der Waals surface area contributed by atoms with Crippen LogP contribution in [0, 0.1) is 3.57 Å². The molecule has 1 heterocycles. The summed E-state index contributed by atoms with van der Waals surface area (Å²) in [7, 11) is 0. The van der Waals surface area contributed by atoms with Gasteiger partial charge in [0.25, 0.3) is 6.43 Å². The Hall–Kier alpha value is -0.830. The number of esters is 1. The van der Waals surface area contributed by atoms with Gasteiger partial charge in [-0.15, -0.1) is 0 Å². The van der Waals surface area contributed by atoms with Gasteiger partial charge in [-0.1, -0.05) is 0 Å². The highest BCUT2D eigenvalue weighted by Crippen LogP contribution is 2.29. The molecule has 0 atom stereocenters. The third kappa shape index (κ3) is 3.58. The Morgan fingerprint density at radius 3 is 2.78 bits per heavy atom. The standard InChI is InChI=1S/C11H13F2IN2O2/c1-2-18-9(17)3-6-7(14)5-16-8(4-15)10(6)11(12)13/h5,11H,2-4,15H2,1H3. The van der Waals surface area contributed by atoms with Crippen LogP contribution < -0.4 is 5.73 Å². The fourth-order valence-electron chi connectivity index (χ4n) is 1.54. The molecule has 0 aliphatic heterocycles. The third-order valence-corrected chi connectivity index (χ3v) is 3.23. The predicted octanol–water partition coefficient (Wildman–Crippen LogP) is 2.19. The molecule has 0 radical (unpaired) electrons. The maximum atomic E-state index is 13.0. The molecule has 1 aromatic rings. The second-order valence-electron chi connectivity index (χ2n) is 3.43. The van der Waals surface area contributed by atoms with Gasteiger partial charge in [0.2, 0.25) is 0 Å². The second-order valence-corrected chi connectivity index (χ2v) is 4.59. The Morgan fingerprint density at radius 1 is 1.61 bits per heavy atom. The van der Waals surface area contributed by atoms with E-state index in [1.54, 1.807) is 6.92 Å². The number of hydrogen-bond acceptors (Lipinski definition) is 4. The zero-order chi connectivity index (χ0) is 13.7. The highest BCUT2D eigenvalue weighted by atomic mass is 127. The topological polar surface area (TPSA) is 65.2 Å². The summed E-state index contributed by atoms with van der Waals surface area (Å²) >= 11 is 1.87. The summed E-state index contributed by atoms with van der Waals surface area (Å²) in [6.07, 6.45) is -1.47. The molecule has 0 fully saturated rings. The highest BCUT2D eigenvalue weighted by Gasteiger charge is 2.22. The van der Waals surface area contributed by atoms with Gasteiger partial charge in [0.15, 0.2) is 0 Å². The highest BCUT2D eigenvalue weighted by molar-refractivity contribution is 14.1. The van der Waals surface area contributed by atoms with E-state index in [0.29, 0.717) is 3.57 Å². The van der Waals surface area contributed by atoms with Crippen molar-refractivity contribution in [2.24, 2.45) is 5.73 Å². The Morgan fingerprint density at radius 2 is 2.28 bits per heavy atom. The van der Waals surface area contributed by atoms with Crippen molar-refractivity contribution in [3.05, 3.63) is 26.6 Å². The molecule has 0 amide bonds. The molecular formula is C11H13F2IN2O2. The second kappa shape index (κ2) is 6.93. The lowest BCUT2D eigenvalue weighted by Gasteiger charge is -2.13.